The fourth-order valence-corrected chi connectivity index (χ4v) is 1.77. The Hall–Kier alpha value is 0.0200. The fourth-order valence-electron chi connectivity index (χ4n) is 1.23. The highest BCUT2D eigenvalue weighted by Crippen LogP contribution is 2.01. The third-order valence-electron chi connectivity index (χ3n) is 2.10. The van der Waals surface area contributed by atoms with Gasteiger partial charge in [-0.2, -0.15) is 0 Å². The first-order chi connectivity index (χ1) is 8.16. The lowest BCUT2D eigenvalue weighted by Crippen LogP contribution is -2.25. The summed E-state index contributed by atoms with van der Waals surface area (Å²) in [7, 11) is 0. The van der Waals surface area contributed by atoms with Crippen LogP contribution >= 0.6 is 22.6 Å². The number of rotatable bonds is 11. The van der Waals surface area contributed by atoms with E-state index < -0.39 is 13.0 Å². The first-order valence-corrected chi connectivity index (χ1v) is 7.38. The van der Waals surface area contributed by atoms with Gasteiger partial charge in [0.2, 0.25) is 5.91 Å². The Morgan fingerprint density at radius 1 is 1.24 bits per heavy atom. The minimum atomic E-state index is -2.46. The van der Waals surface area contributed by atoms with Crippen molar-refractivity contribution in [2.24, 2.45) is 0 Å². The summed E-state index contributed by atoms with van der Waals surface area (Å²) >= 11 is 2.35. The molecule has 3 nitrogen and oxygen atoms in total. The van der Waals surface area contributed by atoms with Crippen LogP contribution < -0.4 is 5.32 Å². The molecule has 17 heavy (non-hydrogen) atoms. The van der Waals surface area contributed by atoms with Crippen LogP contribution in [0.15, 0.2) is 0 Å². The van der Waals surface area contributed by atoms with Crippen LogP contribution in [0.25, 0.3) is 0 Å². The number of hydrogen-bond donors (Lipinski definition) is 1. The Kier molecular flexibility index (Phi) is 12.5. The molecule has 0 radical (unpaired) electrons. The molecule has 0 aromatic heterocycles. The molecular weight excluding hydrogens is 343 g/mol. The number of alkyl halides is 3. The summed E-state index contributed by atoms with van der Waals surface area (Å²) in [4.78, 5) is 11.2. The van der Waals surface area contributed by atoms with Crippen molar-refractivity contribution in [3.05, 3.63) is 0 Å². The smallest absolute Gasteiger partial charge is 0.261 e. The van der Waals surface area contributed by atoms with E-state index in [1.807, 2.05) is 0 Å². The van der Waals surface area contributed by atoms with Gasteiger partial charge in [-0.25, -0.2) is 8.78 Å². The number of nitrogens with one attached hydrogen (secondary N) is 1. The summed E-state index contributed by atoms with van der Waals surface area (Å²) in [6, 6.07) is 0. The normalized spacial score (nSPS) is 10.8. The molecule has 1 amide bonds. The van der Waals surface area contributed by atoms with Crippen LogP contribution in [0.3, 0.4) is 0 Å². The van der Waals surface area contributed by atoms with E-state index in [9.17, 15) is 13.6 Å². The van der Waals surface area contributed by atoms with E-state index in [1.54, 1.807) is 0 Å². The predicted molar refractivity (Wildman–Crippen MR) is 71.8 cm³/mol. The lowest BCUT2D eigenvalue weighted by molar-refractivity contribution is -0.122. The van der Waals surface area contributed by atoms with Crippen LogP contribution in [0.5, 0.6) is 0 Å². The second-order valence-electron chi connectivity index (χ2n) is 3.67. The molecule has 0 unspecified atom stereocenters. The Labute approximate surface area is 115 Å². The van der Waals surface area contributed by atoms with Crippen molar-refractivity contribution in [1.82, 2.24) is 5.32 Å². The molecule has 1 N–H and O–H groups in total. The van der Waals surface area contributed by atoms with Gasteiger partial charge in [-0.1, -0.05) is 35.4 Å². The average molecular weight is 363 g/mol. The predicted octanol–water partition coefficient (Wildman–Crippen LogP) is 2.77. The van der Waals surface area contributed by atoms with Crippen molar-refractivity contribution in [3.8, 4) is 0 Å². The highest BCUT2D eigenvalue weighted by Gasteiger charge is 2.04. The van der Waals surface area contributed by atoms with Gasteiger partial charge in [-0.3, -0.25) is 4.79 Å². The molecule has 0 aromatic rings. The van der Waals surface area contributed by atoms with E-state index in [4.69, 9.17) is 0 Å². The van der Waals surface area contributed by atoms with E-state index >= 15 is 0 Å². The quantitative estimate of drug-likeness (QED) is 0.348. The third kappa shape index (κ3) is 14.0. The summed E-state index contributed by atoms with van der Waals surface area (Å²) in [5.41, 5.74) is 0. The first-order valence-electron chi connectivity index (χ1n) is 5.85. The Bertz CT molecular complexity index is 194. The Morgan fingerprint density at radius 3 is 2.59 bits per heavy atom. The summed E-state index contributed by atoms with van der Waals surface area (Å²) in [5, 5.41) is 2.74. The van der Waals surface area contributed by atoms with Crippen LogP contribution in [0.4, 0.5) is 8.78 Å². The van der Waals surface area contributed by atoms with Gasteiger partial charge < -0.3 is 10.1 Å². The SMILES string of the molecule is O=C(CCOCC(F)F)NCCCCCCI. The molecule has 0 heterocycles. The molecule has 0 fully saturated rings. The lowest BCUT2D eigenvalue weighted by Gasteiger charge is -2.05. The number of halogens is 3. The second kappa shape index (κ2) is 12.5. The van der Waals surface area contributed by atoms with Gasteiger partial charge in [-0.15, -0.1) is 0 Å². The largest absolute Gasteiger partial charge is 0.375 e. The maximum absolute atomic E-state index is 11.7. The minimum absolute atomic E-state index is 0.0605. The molecular formula is C11H20F2INO2. The van der Waals surface area contributed by atoms with E-state index in [0.717, 1.165) is 12.8 Å². The minimum Gasteiger partial charge on any atom is -0.375 e. The summed E-state index contributed by atoms with van der Waals surface area (Å²) < 4.78 is 29.2. The van der Waals surface area contributed by atoms with Crippen molar-refractivity contribution in [3.63, 3.8) is 0 Å². The lowest BCUT2D eigenvalue weighted by atomic mass is 10.2. The Balaban J connectivity index is 3.18. The van der Waals surface area contributed by atoms with Crippen LogP contribution in [-0.4, -0.2) is 36.5 Å². The van der Waals surface area contributed by atoms with E-state index in [0.29, 0.717) is 6.54 Å². The molecule has 0 aliphatic rings. The molecule has 0 spiro atoms. The van der Waals surface area contributed by atoms with Crippen LogP contribution in [0.1, 0.15) is 32.1 Å². The molecule has 102 valence electrons. The zero-order chi connectivity index (χ0) is 12.9. The molecule has 0 atom stereocenters. The summed E-state index contributed by atoms with van der Waals surface area (Å²) in [6.07, 6.45) is 2.19. The number of carbonyl (C=O) groups excluding carboxylic acids is 1. The molecule has 0 saturated carbocycles. The van der Waals surface area contributed by atoms with Crippen LogP contribution in [-0.2, 0) is 9.53 Å². The molecule has 0 aromatic carbocycles. The molecule has 6 heteroatoms. The average Bonchev–Trinajstić information content (AvgIpc) is 2.29. The van der Waals surface area contributed by atoms with Crippen molar-refractivity contribution < 1.29 is 18.3 Å². The zero-order valence-corrected chi connectivity index (χ0v) is 12.0. The van der Waals surface area contributed by atoms with Gasteiger partial charge in [0.15, 0.2) is 0 Å². The molecule has 0 bridgehead atoms. The van der Waals surface area contributed by atoms with Crippen LogP contribution in [0, 0.1) is 0 Å². The van der Waals surface area contributed by atoms with Gasteiger partial charge in [0, 0.05) is 13.0 Å². The van der Waals surface area contributed by atoms with Crippen LogP contribution in [0.2, 0.25) is 0 Å². The number of amides is 1. The number of ether oxygens (including phenoxy) is 1. The van der Waals surface area contributed by atoms with Crippen molar-refractivity contribution in [2.75, 3.05) is 24.2 Å². The second-order valence-corrected chi connectivity index (χ2v) is 4.75. The van der Waals surface area contributed by atoms with Crippen molar-refractivity contribution in [2.45, 2.75) is 38.5 Å². The molecule has 0 aliphatic heterocycles. The topological polar surface area (TPSA) is 38.3 Å². The number of unbranched alkanes of at least 4 members (excludes halogenated alkanes) is 3. The third-order valence-corrected chi connectivity index (χ3v) is 2.86. The highest BCUT2D eigenvalue weighted by molar-refractivity contribution is 14.1. The van der Waals surface area contributed by atoms with E-state index in [2.05, 4.69) is 32.6 Å². The fraction of sp³-hybridized carbons (Fsp3) is 0.909. The summed E-state index contributed by atoms with van der Waals surface area (Å²) in [5.74, 6) is -0.131. The zero-order valence-electron chi connectivity index (χ0n) is 9.89. The molecule has 0 rings (SSSR count). The molecule has 0 aliphatic carbocycles. The first kappa shape index (κ1) is 17.0. The van der Waals surface area contributed by atoms with Gasteiger partial charge in [0.25, 0.3) is 6.43 Å². The number of hydrogen-bond acceptors (Lipinski definition) is 2. The van der Waals surface area contributed by atoms with Gasteiger partial charge in [0.1, 0.15) is 6.61 Å². The monoisotopic (exact) mass is 363 g/mol. The molecule has 0 saturated heterocycles. The van der Waals surface area contributed by atoms with Crippen molar-refractivity contribution in [1.29, 1.82) is 0 Å². The van der Waals surface area contributed by atoms with E-state index in [-0.39, 0.29) is 18.9 Å². The van der Waals surface area contributed by atoms with Gasteiger partial charge in [0.05, 0.1) is 6.61 Å². The highest BCUT2D eigenvalue weighted by atomic mass is 127. The maximum atomic E-state index is 11.7. The summed E-state index contributed by atoms with van der Waals surface area (Å²) in [6.45, 7) is 0.128. The van der Waals surface area contributed by atoms with Gasteiger partial charge in [-0.05, 0) is 17.3 Å². The standard InChI is InChI=1S/C11H20F2INO2/c12-10(13)9-17-8-5-11(16)15-7-4-2-1-3-6-14/h10H,1-9H2,(H,15,16). The van der Waals surface area contributed by atoms with E-state index in [1.165, 1.54) is 17.3 Å². The van der Waals surface area contributed by atoms with Crippen molar-refractivity contribution >= 4 is 28.5 Å². The number of carbonyl (C=O) groups is 1. The van der Waals surface area contributed by atoms with Gasteiger partial charge >= 0.3 is 0 Å². The maximum Gasteiger partial charge on any atom is 0.261 e. The Morgan fingerprint density at radius 2 is 1.94 bits per heavy atom.